The fourth-order valence-electron chi connectivity index (χ4n) is 2.99. The lowest BCUT2D eigenvalue weighted by molar-refractivity contribution is -0.889. The number of anilines is 1. The smallest absolute Gasteiger partial charge is 0.275 e. The first-order chi connectivity index (χ1) is 12.1. The van der Waals surface area contributed by atoms with Crippen LogP contribution in [0.15, 0.2) is 18.2 Å². The number of halogens is 1. The quantitative estimate of drug-likeness (QED) is 0.681. The summed E-state index contributed by atoms with van der Waals surface area (Å²) in [6.45, 7) is 12.1. The second kappa shape index (κ2) is 9.02. The number of aryl methyl sites for hydroxylation is 1. The predicted molar refractivity (Wildman–Crippen MR) is 112 cm³/mol. The number of hydrogen-bond donors (Lipinski definition) is 3. The van der Waals surface area contributed by atoms with Crippen LogP contribution < -0.4 is 15.5 Å². The number of quaternary nitrogens is 1. The summed E-state index contributed by atoms with van der Waals surface area (Å²) in [5, 5.41) is 7.76. The van der Waals surface area contributed by atoms with Gasteiger partial charge in [0.2, 0.25) is 0 Å². The average molecular weight is 398 g/mol. The molecule has 0 radical (unpaired) electrons. The Balaban J connectivity index is 1.86. The van der Waals surface area contributed by atoms with Gasteiger partial charge >= 0.3 is 0 Å². The minimum absolute atomic E-state index is 0.107. The van der Waals surface area contributed by atoms with E-state index in [1.54, 1.807) is 0 Å². The lowest BCUT2D eigenvalue weighted by atomic mass is 10.1. The van der Waals surface area contributed by atoms with Crippen LogP contribution in [0, 0.1) is 6.92 Å². The van der Waals surface area contributed by atoms with Crippen LogP contribution in [0.4, 0.5) is 5.69 Å². The molecule has 5 nitrogen and oxygen atoms in total. The van der Waals surface area contributed by atoms with E-state index in [1.807, 2.05) is 45.9 Å². The molecule has 144 valence electrons. The van der Waals surface area contributed by atoms with Crippen molar-refractivity contribution in [2.75, 3.05) is 38.0 Å². The Kier molecular flexibility index (Phi) is 7.26. The van der Waals surface area contributed by atoms with Crippen molar-refractivity contribution < 1.29 is 9.69 Å². The molecule has 1 aromatic rings. The van der Waals surface area contributed by atoms with Crippen LogP contribution in [0.2, 0.25) is 5.02 Å². The summed E-state index contributed by atoms with van der Waals surface area (Å²) in [7, 11) is 0. The number of rotatable bonds is 3. The van der Waals surface area contributed by atoms with Crippen LogP contribution in [0.3, 0.4) is 0 Å². The van der Waals surface area contributed by atoms with Crippen molar-refractivity contribution in [2.24, 2.45) is 0 Å². The second-order valence-electron chi connectivity index (χ2n) is 7.96. The van der Waals surface area contributed by atoms with Crippen molar-refractivity contribution in [3.8, 4) is 0 Å². The number of thiocarbonyl (C=S) groups is 1. The fraction of sp³-hybridized carbons (Fsp3) is 0.579. The zero-order valence-electron chi connectivity index (χ0n) is 16.1. The maximum Gasteiger partial charge on any atom is 0.275 e. The molecule has 2 rings (SSSR count). The fourth-order valence-corrected chi connectivity index (χ4v) is 3.47. The van der Waals surface area contributed by atoms with Crippen molar-refractivity contribution in [3.63, 3.8) is 0 Å². The molecule has 1 atom stereocenters. The van der Waals surface area contributed by atoms with Crippen molar-refractivity contribution >= 4 is 40.5 Å². The van der Waals surface area contributed by atoms with Crippen molar-refractivity contribution in [3.05, 3.63) is 28.8 Å². The molecule has 1 aromatic carbocycles. The molecule has 0 aliphatic carbocycles. The number of carbonyl (C=O) groups is 1. The molecule has 0 bridgehead atoms. The standard InChI is InChI=1S/C19H29ClN4OS/c1-14-6-7-15(12-16(14)20)21-18(26)24-9-5-8-23(10-11-24)13-17(25)22-19(2,3)4/h6-7,12H,5,8-11,13H2,1-4H3,(H,21,26)(H,22,25)/p+1. The van der Waals surface area contributed by atoms with Gasteiger partial charge in [-0.2, -0.15) is 0 Å². The van der Waals surface area contributed by atoms with Gasteiger partial charge in [-0.15, -0.1) is 0 Å². The molecule has 7 heteroatoms. The zero-order valence-corrected chi connectivity index (χ0v) is 17.7. The number of carbonyl (C=O) groups excluding carboxylic acids is 1. The minimum atomic E-state index is -0.185. The van der Waals surface area contributed by atoms with Gasteiger partial charge in [0.05, 0.1) is 19.6 Å². The molecule has 0 saturated carbocycles. The second-order valence-corrected chi connectivity index (χ2v) is 8.75. The van der Waals surface area contributed by atoms with E-state index < -0.39 is 0 Å². The Morgan fingerprint density at radius 2 is 2.04 bits per heavy atom. The van der Waals surface area contributed by atoms with Gasteiger partial charge in [0.25, 0.3) is 5.91 Å². The van der Waals surface area contributed by atoms with Gasteiger partial charge in [-0.1, -0.05) is 17.7 Å². The maximum absolute atomic E-state index is 12.2. The molecule has 1 unspecified atom stereocenters. The Bertz CT molecular complexity index is 659. The molecule has 3 N–H and O–H groups in total. The summed E-state index contributed by atoms with van der Waals surface area (Å²) in [5.74, 6) is 0.107. The molecule has 1 aliphatic heterocycles. The number of hydrogen-bond acceptors (Lipinski definition) is 2. The summed E-state index contributed by atoms with van der Waals surface area (Å²) in [4.78, 5) is 15.6. The van der Waals surface area contributed by atoms with Gasteiger partial charge in [-0.3, -0.25) is 4.79 Å². The van der Waals surface area contributed by atoms with Gasteiger partial charge in [-0.05, 0) is 57.6 Å². The van der Waals surface area contributed by atoms with Gasteiger partial charge in [-0.25, -0.2) is 0 Å². The first-order valence-electron chi connectivity index (χ1n) is 9.11. The van der Waals surface area contributed by atoms with Crippen molar-refractivity contribution in [2.45, 2.75) is 39.7 Å². The lowest BCUT2D eigenvalue weighted by Crippen LogP contribution is -3.13. The average Bonchev–Trinajstić information content (AvgIpc) is 2.74. The summed E-state index contributed by atoms with van der Waals surface area (Å²) < 4.78 is 0. The van der Waals surface area contributed by atoms with Crippen molar-refractivity contribution in [1.82, 2.24) is 10.2 Å². The van der Waals surface area contributed by atoms with E-state index in [2.05, 4.69) is 15.5 Å². The Hall–Kier alpha value is -1.37. The topological polar surface area (TPSA) is 48.8 Å². The van der Waals surface area contributed by atoms with Gasteiger partial charge in [0, 0.05) is 29.2 Å². The van der Waals surface area contributed by atoms with E-state index in [0.29, 0.717) is 11.7 Å². The molecule has 1 aliphatic rings. The zero-order chi connectivity index (χ0) is 19.3. The third-order valence-electron chi connectivity index (χ3n) is 4.33. The van der Waals surface area contributed by atoms with Gasteiger partial charge in [0.15, 0.2) is 11.7 Å². The van der Waals surface area contributed by atoms with Crippen LogP contribution >= 0.6 is 23.8 Å². The van der Waals surface area contributed by atoms with Gasteiger partial charge < -0.3 is 20.4 Å². The Labute approximate surface area is 167 Å². The normalized spacial score (nSPS) is 18.2. The Morgan fingerprint density at radius 3 is 2.69 bits per heavy atom. The number of nitrogens with zero attached hydrogens (tertiary/aromatic N) is 1. The van der Waals surface area contributed by atoms with Crippen LogP contribution in [-0.4, -0.2) is 54.2 Å². The highest BCUT2D eigenvalue weighted by Gasteiger charge is 2.23. The Morgan fingerprint density at radius 1 is 1.31 bits per heavy atom. The van der Waals surface area contributed by atoms with E-state index in [1.165, 1.54) is 4.90 Å². The molecule has 1 amide bonds. The number of amides is 1. The monoisotopic (exact) mass is 397 g/mol. The van der Waals surface area contributed by atoms with E-state index in [-0.39, 0.29) is 11.4 Å². The highest BCUT2D eigenvalue weighted by atomic mass is 35.5. The number of nitrogens with one attached hydrogen (secondary N) is 3. The molecule has 1 fully saturated rings. The third-order valence-corrected chi connectivity index (χ3v) is 5.10. The highest BCUT2D eigenvalue weighted by Crippen LogP contribution is 2.20. The molecule has 26 heavy (non-hydrogen) atoms. The van der Waals surface area contributed by atoms with Crippen molar-refractivity contribution in [1.29, 1.82) is 0 Å². The minimum Gasteiger partial charge on any atom is -0.347 e. The first kappa shape index (κ1) is 20.9. The van der Waals surface area contributed by atoms with E-state index in [4.69, 9.17) is 23.8 Å². The van der Waals surface area contributed by atoms with Crippen LogP contribution in [0.5, 0.6) is 0 Å². The predicted octanol–water partition coefficient (Wildman–Crippen LogP) is 1.85. The van der Waals surface area contributed by atoms with Crippen LogP contribution in [0.1, 0.15) is 32.8 Å². The summed E-state index contributed by atoms with van der Waals surface area (Å²) in [6, 6.07) is 5.87. The van der Waals surface area contributed by atoms with Crippen LogP contribution in [0.25, 0.3) is 0 Å². The van der Waals surface area contributed by atoms with E-state index in [0.717, 1.165) is 48.9 Å². The van der Waals surface area contributed by atoms with Gasteiger partial charge in [0.1, 0.15) is 0 Å². The third kappa shape index (κ3) is 6.74. The molecule has 1 heterocycles. The lowest BCUT2D eigenvalue weighted by Gasteiger charge is -2.24. The number of benzene rings is 1. The molecule has 0 aromatic heterocycles. The first-order valence-corrected chi connectivity index (χ1v) is 9.89. The largest absolute Gasteiger partial charge is 0.347 e. The molecular weight excluding hydrogens is 368 g/mol. The summed E-state index contributed by atoms with van der Waals surface area (Å²) in [5.41, 5.74) is 1.77. The summed E-state index contributed by atoms with van der Waals surface area (Å²) in [6.07, 6.45) is 1.01. The SMILES string of the molecule is Cc1ccc(NC(=S)N2CCC[NH+](CC(=O)NC(C)(C)C)CC2)cc1Cl. The highest BCUT2D eigenvalue weighted by molar-refractivity contribution is 7.80. The van der Waals surface area contributed by atoms with E-state index in [9.17, 15) is 4.79 Å². The summed E-state index contributed by atoms with van der Waals surface area (Å²) >= 11 is 11.8. The molecule has 0 spiro atoms. The molecular formula is C19H30ClN4OS+. The van der Waals surface area contributed by atoms with Crippen LogP contribution in [-0.2, 0) is 4.79 Å². The molecule has 1 saturated heterocycles. The maximum atomic E-state index is 12.2. The van der Waals surface area contributed by atoms with E-state index >= 15 is 0 Å².